The number of nitrogens with one attached hydrogen (secondary N) is 2. The molecule has 0 radical (unpaired) electrons. The first-order valence-corrected chi connectivity index (χ1v) is 11.8. The number of thiocarbonyl (C=S) groups is 1. The molecule has 0 spiro atoms. The minimum atomic E-state index is -0.0454. The van der Waals surface area contributed by atoms with E-state index >= 15 is 0 Å². The largest absolute Gasteiger partial charge is 0.376 e. The first kappa shape index (κ1) is 23.7. The highest BCUT2D eigenvalue weighted by molar-refractivity contribution is 7.80. The van der Waals surface area contributed by atoms with Gasteiger partial charge in [0.05, 0.1) is 18.2 Å². The van der Waals surface area contributed by atoms with E-state index in [2.05, 4.69) is 46.9 Å². The minimum Gasteiger partial charge on any atom is -0.376 e. The third-order valence-electron chi connectivity index (χ3n) is 6.25. The number of aromatic nitrogens is 1. The van der Waals surface area contributed by atoms with Gasteiger partial charge in [-0.05, 0) is 69.2 Å². The zero-order valence-electron chi connectivity index (χ0n) is 19.3. The van der Waals surface area contributed by atoms with Crippen molar-refractivity contribution in [1.82, 2.24) is 20.1 Å². The summed E-state index contributed by atoms with van der Waals surface area (Å²) in [7, 11) is 0. The Labute approximate surface area is 191 Å². The summed E-state index contributed by atoms with van der Waals surface area (Å²) < 4.78 is 5.72. The second-order valence-electron chi connectivity index (χ2n) is 8.38. The number of H-pyrrole nitrogens is 1. The average molecular weight is 445 g/mol. The number of pyridine rings is 1. The fourth-order valence-electron chi connectivity index (χ4n) is 4.11. The lowest BCUT2D eigenvalue weighted by Crippen LogP contribution is -2.46. The summed E-state index contributed by atoms with van der Waals surface area (Å²) in [5, 5.41) is 5.16. The van der Waals surface area contributed by atoms with Gasteiger partial charge in [0.2, 0.25) is 0 Å². The Hall–Kier alpha value is -1.96. The van der Waals surface area contributed by atoms with Crippen molar-refractivity contribution in [3.63, 3.8) is 0 Å². The molecule has 1 fully saturated rings. The predicted octanol–water partition coefficient (Wildman–Crippen LogP) is 3.34. The summed E-state index contributed by atoms with van der Waals surface area (Å²) in [5.74, 6) is 0. The van der Waals surface area contributed by atoms with E-state index in [1.165, 1.54) is 0 Å². The molecule has 2 heterocycles. The SMILES string of the molecule is CCN(CC)CCN(Cc1cc2c(C)ccc(C)c2[nH]c1=O)C(=S)NC[C@@H]1CCCO1. The molecule has 2 N–H and O–H groups in total. The fourth-order valence-corrected chi connectivity index (χ4v) is 4.35. The quantitative estimate of drug-likeness (QED) is 0.579. The molecule has 3 rings (SSSR count). The summed E-state index contributed by atoms with van der Waals surface area (Å²) in [4.78, 5) is 20.5. The van der Waals surface area contributed by atoms with Crippen LogP contribution in [-0.2, 0) is 11.3 Å². The van der Waals surface area contributed by atoms with Crippen molar-refractivity contribution in [2.75, 3.05) is 39.3 Å². The molecule has 2 aromatic rings. The van der Waals surface area contributed by atoms with Crippen molar-refractivity contribution >= 4 is 28.2 Å². The van der Waals surface area contributed by atoms with Gasteiger partial charge in [0.25, 0.3) is 5.56 Å². The normalized spacial score (nSPS) is 16.2. The smallest absolute Gasteiger partial charge is 0.253 e. The van der Waals surface area contributed by atoms with Crippen molar-refractivity contribution in [1.29, 1.82) is 0 Å². The highest BCUT2D eigenvalue weighted by Crippen LogP contribution is 2.20. The Kier molecular flexibility index (Phi) is 8.46. The Morgan fingerprint density at radius 1 is 1.23 bits per heavy atom. The molecule has 170 valence electrons. The van der Waals surface area contributed by atoms with E-state index in [1.807, 2.05) is 19.1 Å². The van der Waals surface area contributed by atoms with Crippen LogP contribution in [0.2, 0.25) is 0 Å². The van der Waals surface area contributed by atoms with E-state index < -0.39 is 0 Å². The van der Waals surface area contributed by atoms with E-state index in [-0.39, 0.29) is 11.7 Å². The van der Waals surface area contributed by atoms with Crippen molar-refractivity contribution in [3.05, 3.63) is 45.2 Å². The summed E-state index contributed by atoms with van der Waals surface area (Å²) in [6.07, 6.45) is 2.39. The monoisotopic (exact) mass is 444 g/mol. The van der Waals surface area contributed by atoms with Gasteiger partial charge in [-0.15, -0.1) is 0 Å². The second-order valence-corrected chi connectivity index (χ2v) is 8.77. The lowest BCUT2D eigenvalue weighted by atomic mass is 10.0. The summed E-state index contributed by atoms with van der Waals surface area (Å²) >= 11 is 5.75. The molecule has 1 aliphatic rings. The number of aromatic amines is 1. The minimum absolute atomic E-state index is 0.0454. The molecule has 1 saturated heterocycles. The van der Waals surface area contributed by atoms with Gasteiger partial charge >= 0.3 is 0 Å². The van der Waals surface area contributed by atoms with Crippen molar-refractivity contribution in [2.45, 2.75) is 53.2 Å². The predicted molar refractivity (Wildman–Crippen MR) is 132 cm³/mol. The number of hydrogen-bond donors (Lipinski definition) is 2. The van der Waals surface area contributed by atoms with Crippen LogP contribution in [0.3, 0.4) is 0 Å². The van der Waals surface area contributed by atoms with Crippen LogP contribution in [0.15, 0.2) is 23.0 Å². The number of fused-ring (bicyclic) bond motifs is 1. The van der Waals surface area contributed by atoms with Gasteiger partial charge in [0.15, 0.2) is 5.11 Å². The Morgan fingerprint density at radius 2 is 1.97 bits per heavy atom. The van der Waals surface area contributed by atoms with Gasteiger partial charge < -0.3 is 24.8 Å². The third-order valence-corrected chi connectivity index (χ3v) is 6.66. The molecule has 0 unspecified atom stereocenters. The van der Waals surface area contributed by atoms with E-state index in [1.54, 1.807) is 0 Å². The third kappa shape index (κ3) is 6.05. The van der Waals surface area contributed by atoms with Gasteiger partial charge in [0.1, 0.15) is 0 Å². The van der Waals surface area contributed by atoms with Crippen LogP contribution in [-0.4, -0.2) is 65.3 Å². The number of ether oxygens (including phenoxy) is 1. The molecule has 1 atom stereocenters. The van der Waals surface area contributed by atoms with Crippen LogP contribution in [0, 0.1) is 13.8 Å². The number of hydrogen-bond acceptors (Lipinski definition) is 4. The van der Waals surface area contributed by atoms with Crippen molar-refractivity contribution in [3.8, 4) is 0 Å². The second kappa shape index (κ2) is 11.1. The van der Waals surface area contributed by atoms with Gasteiger partial charge in [-0.2, -0.15) is 0 Å². The fraction of sp³-hybridized carbons (Fsp3) is 0.583. The van der Waals surface area contributed by atoms with Crippen molar-refractivity contribution < 1.29 is 4.74 Å². The number of aryl methyl sites for hydroxylation is 2. The first-order valence-electron chi connectivity index (χ1n) is 11.4. The van der Waals surface area contributed by atoms with E-state index in [4.69, 9.17) is 17.0 Å². The Morgan fingerprint density at radius 3 is 2.65 bits per heavy atom. The molecule has 1 aromatic heterocycles. The van der Waals surface area contributed by atoms with E-state index in [9.17, 15) is 4.79 Å². The molecular weight excluding hydrogens is 408 g/mol. The molecule has 6 nitrogen and oxygen atoms in total. The molecule has 31 heavy (non-hydrogen) atoms. The van der Waals surface area contributed by atoms with Crippen LogP contribution in [0.25, 0.3) is 10.9 Å². The topological polar surface area (TPSA) is 60.6 Å². The van der Waals surface area contributed by atoms with Crippen LogP contribution in [0.5, 0.6) is 0 Å². The van der Waals surface area contributed by atoms with Gasteiger partial charge in [-0.25, -0.2) is 0 Å². The van der Waals surface area contributed by atoms with Crippen LogP contribution in [0.1, 0.15) is 43.4 Å². The molecule has 1 aromatic carbocycles. The van der Waals surface area contributed by atoms with Gasteiger partial charge in [-0.3, -0.25) is 4.79 Å². The zero-order valence-corrected chi connectivity index (χ0v) is 20.1. The lowest BCUT2D eigenvalue weighted by Gasteiger charge is -2.29. The summed E-state index contributed by atoms with van der Waals surface area (Å²) in [5.41, 5.74) is 3.85. The summed E-state index contributed by atoms with van der Waals surface area (Å²) in [6, 6.07) is 6.18. The molecule has 0 saturated carbocycles. The number of rotatable bonds is 9. The Bertz CT molecular complexity index is 948. The highest BCUT2D eigenvalue weighted by atomic mass is 32.1. The van der Waals surface area contributed by atoms with Crippen LogP contribution >= 0.6 is 12.2 Å². The van der Waals surface area contributed by atoms with Gasteiger partial charge in [-0.1, -0.05) is 26.0 Å². The maximum Gasteiger partial charge on any atom is 0.253 e. The standard InChI is InChI=1S/C24H36N4O2S/c1-5-27(6-2)11-12-28(24(31)25-15-20-8-7-13-30-20)16-19-14-21-17(3)9-10-18(4)22(21)26-23(19)29/h9-10,14,20H,5-8,11-13,15-16H2,1-4H3,(H,25,31)(H,26,29)/t20-/m0/s1. The summed E-state index contributed by atoms with van der Waals surface area (Å²) in [6.45, 7) is 14.1. The molecule has 0 bridgehead atoms. The first-order chi connectivity index (χ1) is 14.9. The Balaban J connectivity index is 1.80. The number of likely N-dealkylation sites (N-methyl/N-ethyl adjacent to an activating group) is 1. The molecular formula is C24H36N4O2S. The highest BCUT2D eigenvalue weighted by Gasteiger charge is 2.19. The lowest BCUT2D eigenvalue weighted by molar-refractivity contribution is 0.113. The molecule has 7 heteroatoms. The van der Waals surface area contributed by atoms with E-state index in [0.717, 1.165) is 73.2 Å². The molecule has 0 amide bonds. The van der Waals surface area contributed by atoms with E-state index in [0.29, 0.717) is 18.2 Å². The average Bonchev–Trinajstić information content (AvgIpc) is 3.29. The van der Waals surface area contributed by atoms with Crippen LogP contribution < -0.4 is 10.9 Å². The molecule has 1 aliphatic heterocycles. The maximum absolute atomic E-state index is 12.9. The van der Waals surface area contributed by atoms with Gasteiger partial charge in [0, 0.05) is 37.2 Å². The molecule has 0 aliphatic carbocycles. The number of nitrogens with zero attached hydrogens (tertiary/aromatic N) is 2. The number of benzene rings is 1. The maximum atomic E-state index is 12.9. The van der Waals surface area contributed by atoms with Crippen LogP contribution in [0.4, 0.5) is 0 Å². The zero-order chi connectivity index (χ0) is 22.4. The van der Waals surface area contributed by atoms with Crippen molar-refractivity contribution in [2.24, 2.45) is 0 Å².